The summed E-state index contributed by atoms with van der Waals surface area (Å²) in [4.78, 5) is 37.0. The van der Waals surface area contributed by atoms with Gasteiger partial charge in [0.15, 0.2) is 6.61 Å². The highest BCUT2D eigenvalue weighted by Gasteiger charge is 2.09. The first kappa shape index (κ1) is 20.7. The van der Waals surface area contributed by atoms with Crippen LogP contribution in [0.5, 0.6) is 5.75 Å². The molecule has 1 N–H and O–H groups in total. The molecule has 0 aliphatic rings. The van der Waals surface area contributed by atoms with E-state index in [0.29, 0.717) is 18.0 Å². The van der Waals surface area contributed by atoms with Gasteiger partial charge in [-0.3, -0.25) is 9.59 Å². The van der Waals surface area contributed by atoms with Crippen molar-refractivity contribution >= 4 is 23.5 Å². The van der Waals surface area contributed by atoms with E-state index >= 15 is 0 Å². The number of benzene rings is 2. The van der Waals surface area contributed by atoms with E-state index in [1.54, 1.807) is 31.3 Å². The van der Waals surface area contributed by atoms with Gasteiger partial charge in [0.05, 0.1) is 7.11 Å². The van der Waals surface area contributed by atoms with E-state index < -0.39 is 18.5 Å². The number of hydrogen-bond donors (Lipinski definition) is 1. The standard InChI is InChI=1S/C21H22N2O5/c1-23(14-16-7-4-3-5-8-16)20(25)11-12-21(26)28-15-19(24)22-17-9-6-10-18(13-17)27-2/h3-13H,14-15H2,1-2H3,(H,22,24). The Morgan fingerprint density at radius 2 is 1.79 bits per heavy atom. The monoisotopic (exact) mass is 382 g/mol. The highest BCUT2D eigenvalue weighted by molar-refractivity contribution is 5.96. The van der Waals surface area contributed by atoms with E-state index in [9.17, 15) is 14.4 Å². The van der Waals surface area contributed by atoms with Crippen molar-refractivity contribution in [3.05, 3.63) is 72.3 Å². The van der Waals surface area contributed by atoms with Crippen LogP contribution in [0.15, 0.2) is 66.7 Å². The number of anilines is 1. The van der Waals surface area contributed by atoms with Crippen LogP contribution in [0.25, 0.3) is 0 Å². The molecule has 0 bridgehead atoms. The molecule has 0 atom stereocenters. The molecule has 28 heavy (non-hydrogen) atoms. The maximum atomic E-state index is 12.0. The molecule has 0 aliphatic carbocycles. The second kappa shape index (κ2) is 10.5. The molecule has 0 spiro atoms. The fourth-order valence-corrected chi connectivity index (χ4v) is 2.28. The molecule has 0 fully saturated rings. The Hall–Kier alpha value is -3.61. The molecule has 146 valence electrons. The third kappa shape index (κ3) is 6.95. The summed E-state index contributed by atoms with van der Waals surface area (Å²) in [5.74, 6) is -1.03. The van der Waals surface area contributed by atoms with E-state index in [0.717, 1.165) is 17.7 Å². The lowest BCUT2D eigenvalue weighted by atomic mass is 10.2. The smallest absolute Gasteiger partial charge is 0.331 e. The summed E-state index contributed by atoms with van der Waals surface area (Å²) in [7, 11) is 3.15. The molecule has 0 radical (unpaired) electrons. The molecule has 0 unspecified atom stereocenters. The number of amides is 2. The highest BCUT2D eigenvalue weighted by Crippen LogP contribution is 2.16. The summed E-state index contributed by atoms with van der Waals surface area (Å²) in [6, 6.07) is 16.3. The van der Waals surface area contributed by atoms with Crippen LogP contribution in [0.2, 0.25) is 0 Å². The lowest BCUT2D eigenvalue weighted by Crippen LogP contribution is -2.24. The molecule has 0 saturated heterocycles. The second-order valence-electron chi connectivity index (χ2n) is 5.90. The maximum Gasteiger partial charge on any atom is 0.331 e. The van der Waals surface area contributed by atoms with Gasteiger partial charge in [0.2, 0.25) is 5.91 Å². The summed E-state index contributed by atoms with van der Waals surface area (Å²) in [6.45, 7) is -0.0452. The van der Waals surface area contributed by atoms with Crippen molar-refractivity contribution in [1.82, 2.24) is 4.90 Å². The lowest BCUT2D eigenvalue weighted by Gasteiger charge is -2.14. The van der Waals surface area contributed by atoms with Gasteiger partial charge in [0, 0.05) is 37.5 Å². The van der Waals surface area contributed by atoms with E-state index in [2.05, 4.69) is 5.32 Å². The van der Waals surface area contributed by atoms with Crippen molar-refractivity contribution in [3.8, 4) is 5.75 Å². The zero-order chi connectivity index (χ0) is 20.4. The molecule has 2 amide bonds. The van der Waals surface area contributed by atoms with Crippen LogP contribution in [-0.2, 0) is 25.7 Å². The Balaban J connectivity index is 1.76. The molecular formula is C21H22N2O5. The number of nitrogens with zero attached hydrogens (tertiary/aromatic N) is 1. The Bertz CT molecular complexity index is 849. The van der Waals surface area contributed by atoms with Crippen LogP contribution in [0.3, 0.4) is 0 Å². The fraction of sp³-hybridized carbons (Fsp3) is 0.190. The first-order chi connectivity index (χ1) is 13.5. The third-order valence-corrected chi connectivity index (χ3v) is 3.70. The van der Waals surface area contributed by atoms with Gasteiger partial charge >= 0.3 is 5.97 Å². The normalized spacial score (nSPS) is 10.4. The van der Waals surface area contributed by atoms with Crippen LogP contribution in [0, 0.1) is 0 Å². The van der Waals surface area contributed by atoms with E-state index in [-0.39, 0.29) is 5.91 Å². The zero-order valence-electron chi connectivity index (χ0n) is 15.8. The third-order valence-electron chi connectivity index (χ3n) is 3.70. The molecule has 0 saturated carbocycles. The zero-order valence-corrected chi connectivity index (χ0v) is 15.8. The highest BCUT2D eigenvalue weighted by atomic mass is 16.5. The number of carbonyl (C=O) groups excluding carboxylic acids is 3. The van der Waals surface area contributed by atoms with Crippen LogP contribution in [0.4, 0.5) is 5.69 Å². The minimum Gasteiger partial charge on any atom is -0.497 e. The fourth-order valence-electron chi connectivity index (χ4n) is 2.28. The number of ether oxygens (including phenoxy) is 2. The predicted molar refractivity (Wildman–Crippen MR) is 105 cm³/mol. The summed E-state index contributed by atoms with van der Waals surface area (Å²) < 4.78 is 9.91. The Kier molecular flexibility index (Phi) is 7.77. The molecule has 0 aliphatic heterocycles. The number of likely N-dealkylation sites (N-methyl/N-ethyl adjacent to an activating group) is 1. The summed E-state index contributed by atoms with van der Waals surface area (Å²) in [6.07, 6.45) is 2.12. The van der Waals surface area contributed by atoms with Gasteiger partial charge in [-0.1, -0.05) is 36.4 Å². The van der Waals surface area contributed by atoms with Gasteiger partial charge in [-0.2, -0.15) is 0 Å². The van der Waals surface area contributed by atoms with Crippen molar-refractivity contribution in [2.24, 2.45) is 0 Å². The summed E-state index contributed by atoms with van der Waals surface area (Å²) in [5.41, 5.74) is 1.50. The average molecular weight is 382 g/mol. The van der Waals surface area contributed by atoms with E-state index in [4.69, 9.17) is 9.47 Å². The Labute approximate surface area is 163 Å². The summed E-state index contributed by atoms with van der Waals surface area (Å²) >= 11 is 0. The van der Waals surface area contributed by atoms with E-state index in [1.165, 1.54) is 12.0 Å². The van der Waals surface area contributed by atoms with Gasteiger partial charge in [-0.25, -0.2) is 4.79 Å². The lowest BCUT2D eigenvalue weighted by molar-refractivity contribution is -0.142. The number of nitrogens with one attached hydrogen (secondary N) is 1. The molecular weight excluding hydrogens is 360 g/mol. The second-order valence-corrected chi connectivity index (χ2v) is 5.90. The summed E-state index contributed by atoms with van der Waals surface area (Å²) in [5, 5.41) is 2.59. The largest absolute Gasteiger partial charge is 0.497 e. The average Bonchev–Trinajstić information content (AvgIpc) is 2.71. The van der Waals surface area contributed by atoms with Gasteiger partial charge in [-0.05, 0) is 17.7 Å². The minimum absolute atomic E-state index is 0.346. The van der Waals surface area contributed by atoms with E-state index in [1.807, 2.05) is 30.3 Å². The molecule has 2 aromatic rings. The first-order valence-electron chi connectivity index (χ1n) is 8.55. The first-order valence-corrected chi connectivity index (χ1v) is 8.55. The van der Waals surface area contributed by atoms with Gasteiger partial charge in [0.25, 0.3) is 5.91 Å². The number of carbonyl (C=O) groups is 3. The number of esters is 1. The van der Waals surface area contributed by atoms with Gasteiger partial charge < -0.3 is 19.7 Å². The quantitative estimate of drug-likeness (QED) is 0.560. The molecule has 2 aromatic carbocycles. The molecule has 7 nitrogen and oxygen atoms in total. The Morgan fingerprint density at radius 3 is 2.50 bits per heavy atom. The van der Waals surface area contributed by atoms with Gasteiger partial charge in [-0.15, -0.1) is 0 Å². The molecule has 0 heterocycles. The number of rotatable bonds is 8. The maximum absolute atomic E-state index is 12.0. The molecule has 7 heteroatoms. The topological polar surface area (TPSA) is 84.9 Å². The predicted octanol–water partition coefficient (Wildman–Crippen LogP) is 2.39. The van der Waals surface area contributed by atoms with Crippen molar-refractivity contribution in [3.63, 3.8) is 0 Å². The Morgan fingerprint density at radius 1 is 1.04 bits per heavy atom. The molecule has 2 rings (SSSR count). The molecule has 0 aromatic heterocycles. The van der Waals surface area contributed by atoms with Crippen LogP contribution in [0.1, 0.15) is 5.56 Å². The van der Waals surface area contributed by atoms with Crippen LogP contribution in [-0.4, -0.2) is 43.4 Å². The number of hydrogen-bond acceptors (Lipinski definition) is 5. The van der Waals surface area contributed by atoms with Crippen molar-refractivity contribution in [2.45, 2.75) is 6.54 Å². The minimum atomic E-state index is -0.776. The van der Waals surface area contributed by atoms with Crippen LogP contribution < -0.4 is 10.1 Å². The van der Waals surface area contributed by atoms with Crippen LogP contribution >= 0.6 is 0 Å². The SMILES string of the molecule is COc1cccc(NC(=O)COC(=O)C=CC(=O)N(C)Cc2ccccc2)c1. The van der Waals surface area contributed by atoms with Gasteiger partial charge in [0.1, 0.15) is 5.75 Å². The van der Waals surface area contributed by atoms with Crippen molar-refractivity contribution in [2.75, 3.05) is 26.1 Å². The number of methoxy groups -OCH3 is 1. The van der Waals surface area contributed by atoms with Crippen molar-refractivity contribution < 1.29 is 23.9 Å². The van der Waals surface area contributed by atoms with Crippen molar-refractivity contribution in [1.29, 1.82) is 0 Å².